The van der Waals surface area contributed by atoms with Gasteiger partial charge in [0.2, 0.25) is 59.1 Å². The Morgan fingerprint density at radius 1 is 0.173 bits per heavy atom. The summed E-state index contributed by atoms with van der Waals surface area (Å²) in [6.07, 6.45) is -0.531. The number of carboxylic acid groups (broad SMARTS) is 9. The molecule has 56 N–H and O–H groups in total. The molecule has 0 aromatic rings. The fraction of sp³-hybridized carbons (Fsp3) is 0.622. The first kappa shape index (κ1) is 143. The van der Waals surface area contributed by atoms with Crippen molar-refractivity contribution in [3.05, 3.63) is 0 Å². The SMILES string of the molecule is CC(=O)N[C@H](CCCN=C(N)N)C(=O)N[C@H](CCCN=C(N)N)C(=O)N[C@H](CCCN=C(N)N)C(=O)N[C@H](CCCN=C(N)N)C(=O)N[C@H](CCCN=C(N)N)C(=O)N[C@H](CCCN=C(N)N)C(=O)N[C@H](CCCN=C(N)N)C(=O)N[C@H](CCCN=C(N)N)C(=O)N[C@H](CCCN=C(N)N)C(N)=O.CC(=O)O.CC(=O)O.CC(=O)O.CC(=O)O.CC(=O)O.CC(=O)O.CC(=O)O.CC(=O)O.CC(=O)O. The van der Waals surface area contributed by atoms with E-state index in [4.69, 9.17) is 198 Å². The molecule has 0 saturated heterocycles. The standard InChI is InChI=1S/C56H113N37O10.9C2H4O2/c1-29(94)85-31(12-3-21-77-49(60)61)40(96)87-33(14-5-23-79-51(64)65)42(98)89-35(16-7-25-81-53(68)69)44(100)91-37(18-9-27-83-55(72)73)46(102)93-38(19-10-28-84-56(74)75)47(103)92-36(17-8-26-82-54(70)71)45(101)90-34(15-6-24-80-52(66)67)43(99)88-32(13-4-22-78-50(62)63)41(97)86-30(39(57)95)11-2-20-76-48(58)59;9*1-2(3)4/h30-38H,2-28H2,1H3,(H2,57,95)(H,85,94)(H,86,97)(H,87,96)(H,88,99)(H,89,98)(H,90,101)(H,91,100)(H,92,103)(H,93,102)(H4,58,59,76)(H4,60,61,77)(H4,62,63,78)(H4,64,65,79)(H4,66,67,80)(H4,68,69,81)(H4,70,71,82)(H4,72,73,83)(H4,74,75,84);9*1H3,(H,3,4)/t30-,31-,32-,33-,34-,35-,36-,37-,38-;;;;;;;;;/m1........./s1. The van der Waals surface area contributed by atoms with Crippen LogP contribution in [0.5, 0.6) is 0 Å². The molecule has 0 aromatic heterocycles. The molecular weight excluding hydrogens is 1860 g/mol. The topological polar surface area (TPSA) is 1220 Å². The van der Waals surface area contributed by atoms with E-state index in [9.17, 15) is 47.9 Å². The Morgan fingerprint density at radius 3 is 0.345 bits per heavy atom. The Bertz CT molecular complexity index is 3790. The van der Waals surface area contributed by atoms with Crippen molar-refractivity contribution in [1.29, 1.82) is 0 Å². The van der Waals surface area contributed by atoms with Crippen LogP contribution in [0.15, 0.2) is 44.9 Å². The summed E-state index contributed by atoms with van der Waals surface area (Å²) in [6.45, 7) is 10.8. The maximum Gasteiger partial charge on any atom is 0.300 e. The summed E-state index contributed by atoms with van der Waals surface area (Å²) in [5, 5.41) is 90.3. The molecule has 0 heterocycles. The number of amides is 10. The first-order chi connectivity index (χ1) is 64.1. The highest BCUT2D eigenvalue weighted by Crippen LogP contribution is 2.13. The summed E-state index contributed by atoms with van der Waals surface area (Å²) in [6, 6.07) is -13.0. The molecule has 10 amide bonds. The fourth-order valence-corrected chi connectivity index (χ4v) is 9.39. The summed E-state index contributed by atoms with van der Waals surface area (Å²) < 4.78 is 0. The number of nitrogens with two attached hydrogens (primary N) is 19. The zero-order chi connectivity index (χ0) is 110. The van der Waals surface area contributed by atoms with Crippen LogP contribution in [0.25, 0.3) is 0 Å². The van der Waals surface area contributed by atoms with Gasteiger partial charge in [-0.2, -0.15) is 0 Å². The van der Waals surface area contributed by atoms with Crippen LogP contribution in [0.2, 0.25) is 0 Å². The van der Waals surface area contributed by atoms with Crippen LogP contribution < -0.4 is 157 Å². The number of carboxylic acids is 9. The number of guanidine groups is 9. The number of nitrogens with one attached hydrogen (secondary N) is 9. The van der Waals surface area contributed by atoms with Crippen LogP contribution in [-0.4, -0.2) is 326 Å². The van der Waals surface area contributed by atoms with Gasteiger partial charge in [-0.3, -0.25) is 136 Å². The number of aliphatic carboxylic acids is 9. The minimum atomic E-state index is -1.58. The van der Waals surface area contributed by atoms with Gasteiger partial charge in [0.1, 0.15) is 54.4 Å². The molecule has 0 rings (SSSR count). The molecule has 139 heavy (non-hydrogen) atoms. The van der Waals surface area contributed by atoms with Crippen LogP contribution in [0.1, 0.15) is 185 Å². The van der Waals surface area contributed by atoms with Gasteiger partial charge >= 0.3 is 0 Å². The summed E-state index contributed by atoms with van der Waals surface area (Å²) in [5.41, 5.74) is 105. The lowest BCUT2D eigenvalue weighted by molar-refractivity contribution is -0.136. The predicted octanol–water partition coefficient (Wildman–Crippen LogP) is -12.8. The van der Waals surface area contributed by atoms with Gasteiger partial charge in [0.05, 0.1) is 0 Å². The van der Waals surface area contributed by atoms with Gasteiger partial charge in [0.15, 0.2) is 53.6 Å². The largest absolute Gasteiger partial charge is 0.481 e. The molecule has 0 spiro atoms. The van der Waals surface area contributed by atoms with E-state index in [1.165, 1.54) is 6.92 Å². The first-order valence-corrected chi connectivity index (χ1v) is 41.4. The second kappa shape index (κ2) is 90.5. The van der Waals surface area contributed by atoms with Crippen LogP contribution >= 0.6 is 0 Å². The van der Waals surface area contributed by atoms with Crippen molar-refractivity contribution in [2.45, 2.75) is 239 Å². The van der Waals surface area contributed by atoms with E-state index in [2.05, 4.69) is 92.8 Å². The molecule has 0 aliphatic rings. The van der Waals surface area contributed by atoms with Gasteiger partial charge in [-0.15, -0.1) is 0 Å². The summed E-state index contributed by atoms with van der Waals surface area (Å²) in [4.78, 5) is 257. The normalized spacial score (nSPS) is 11.4. The zero-order valence-corrected chi connectivity index (χ0v) is 79.6. The van der Waals surface area contributed by atoms with Crippen molar-refractivity contribution in [2.75, 3.05) is 58.9 Å². The smallest absolute Gasteiger partial charge is 0.300 e. The van der Waals surface area contributed by atoms with Gasteiger partial charge in [-0.1, -0.05) is 0 Å². The number of carbonyl (C=O) groups is 19. The molecule has 0 fully saturated rings. The van der Waals surface area contributed by atoms with Gasteiger partial charge in [0.25, 0.3) is 53.7 Å². The molecule has 65 nitrogen and oxygen atoms in total. The van der Waals surface area contributed by atoms with Gasteiger partial charge in [-0.25, -0.2) is 0 Å². The Balaban J connectivity index is -0.000000489. The molecule has 0 radical (unpaired) electrons. The van der Waals surface area contributed by atoms with E-state index in [-0.39, 0.29) is 228 Å². The highest BCUT2D eigenvalue weighted by Gasteiger charge is 2.36. The number of primary amides is 1. The lowest BCUT2D eigenvalue weighted by Gasteiger charge is -2.28. The van der Waals surface area contributed by atoms with Crippen LogP contribution in [0.4, 0.5) is 0 Å². The summed E-state index contributed by atoms with van der Waals surface area (Å²) in [7, 11) is 0. The average molecular weight is 2010 g/mol. The van der Waals surface area contributed by atoms with E-state index in [0.717, 1.165) is 62.3 Å². The molecule has 9 atom stereocenters. The number of hydrogen-bond acceptors (Lipinski definition) is 28. The van der Waals surface area contributed by atoms with E-state index in [1.54, 1.807) is 0 Å². The molecule has 0 saturated carbocycles. The summed E-state index contributed by atoms with van der Waals surface area (Å²) >= 11 is 0. The first-order valence-electron chi connectivity index (χ1n) is 41.4. The van der Waals surface area contributed by atoms with Crippen molar-refractivity contribution < 1.29 is 137 Å². The Hall–Kier alpha value is -16.6. The predicted molar refractivity (Wildman–Crippen MR) is 511 cm³/mol. The number of nitrogens with zero attached hydrogens (tertiary/aromatic N) is 9. The molecule has 0 aliphatic carbocycles. The molecule has 0 aromatic carbocycles. The number of rotatable bonds is 54. The molecular formula is C74H149N37O28. The third-order valence-corrected chi connectivity index (χ3v) is 14.3. The van der Waals surface area contributed by atoms with Crippen LogP contribution in [0.3, 0.4) is 0 Å². The molecule has 798 valence electrons. The molecule has 0 unspecified atom stereocenters. The molecule has 0 bridgehead atoms. The minimum absolute atomic E-state index is 0.000737. The third kappa shape index (κ3) is 123. The maximum atomic E-state index is 14.9. The maximum absolute atomic E-state index is 14.9. The second-order valence-corrected chi connectivity index (χ2v) is 27.9. The molecule has 0 aliphatic heterocycles. The van der Waals surface area contributed by atoms with Crippen molar-refractivity contribution in [2.24, 2.45) is 154 Å². The molecule has 65 heteroatoms. The van der Waals surface area contributed by atoms with Gasteiger partial charge in [-0.05, 0) is 116 Å². The van der Waals surface area contributed by atoms with Crippen LogP contribution in [0, 0.1) is 0 Å². The third-order valence-electron chi connectivity index (χ3n) is 14.3. The highest BCUT2D eigenvalue weighted by molar-refractivity contribution is 5.99. The van der Waals surface area contributed by atoms with Crippen molar-refractivity contribution in [1.82, 2.24) is 47.9 Å². The van der Waals surface area contributed by atoms with Crippen molar-refractivity contribution in [3.63, 3.8) is 0 Å². The number of aliphatic imine (C=N–C) groups is 9. The van der Waals surface area contributed by atoms with Crippen molar-refractivity contribution >= 4 is 166 Å². The number of carbonyl (C=O) groups excluding carboxylic acids is 10. The van der Waals surface area contributed by atoms with Gasteiger partial charge < -0.3 is 203 Å². The quantitative estimate of drug-likeness (QED) is 0.0153. The van der Waals surface area contributed by atoms with E-state index in [0.29, 0.717) is 0 Å². The van der Waals surface area contributed by atoms with Crippen molar-refractivity contribution in [3.8, 4) is 0 Å². The van der Waals surface area contributed by atoms with Gasteiger partial charge in [0, 0.05) is 128 Å². The van der Waals surface area contributed by atoms with E-state index < -0.39 is 167 Å². The zero-order valence-electron chi connectivity index (χ0n) is 79.6. The average Bonchev–Trinajstić information content (AvgIpc) is 0.849. The van der Waals surface area contributed by atoms with E-state index >= 15 is 0 Å². The Morgan fingerprint density at radius 2 is 0.259 bits per heavy atom. The lowest BCUT2D eigenvalue weighted by Crippen LogP contribution is -2.60. The highest BCUT2D eigenvalue weighted by atomic mass is 16.4. The van der Waals surface area contributed by atoms with Crippen LogP contribution in [-0.2, 0) is 91.1 Å². The fourth-order valence-electron chi connectivity index (χ4n) is 9.39. The number of hydrogen-bond donors (Lipinski definition) is 37. The Kier molecular flexibility index (Phi) is 93.0. The lowest BCUT2D eigenvalue weighted by atomic mass is 10.0. The minimum Gasteiger partial charge on any atom is -0.481 e. The summed E-state index contributed by atoms with van der Waals surface area (Å²) in [5.74, 6) is -18.8. The second-order valence-electron chi connectivity index (χ2n) is 27.9. The monoisotopic (exact) mass is 2000 g/mol. The van der Waals surface area contributed by atoms with E-state index in [1.807, 2.05) is 0 Å². The Labute approximate surface area is 800 Å².